The molecule has 0 bridgehead atoms. The number of nitrogens with one attached hydrogen (secondary N) is 1. The minimum Gasteiger partial charge on any atom is -0.488 e. The Balaban J connectivity index is 1.81. The smallest absolute Gasteiger partial charge is 0.269 e. The van der Waals surface area contributed by atoms with Crippen molar-refractivity contribution in [2.24, 2.45) is 0 Å². The van der Waals surface area contributed by atoms with Crippen molar-refractivity contribution in [3.63, 3.8) is 0 Å². The number of anilines is 1. The van der Waals surface area contributed by atoms with Crippen molar-refractivity contribution in [1.82, 2.24) is 0 Å². The summed E-state index contributed by atoms with van der Waals surface area (Å²) < 4.78 is 5.80. The first kappa shape index (κ1) is 24.1. The number of carbonyl (C=O) groups is 1. The maximum Gasteiger partial charge on any atom is 0.269 e. The Morgan fingerprint density at radius 1 is 1.06 bits per heavy atom. The Kier molecular flexibility index (Phi) is 7.91. The van der Waals surface area contributed by atoms with Gasteiger partial charge in [0.15, 0.2) is 0 Å². The summed E-state index contributed by atoms with van der Waals surface area (Å²) >= 11 is 17.9. The van der Waals surface area contributed by atoms with Crippen LogP contribution in [-0.4, -0.2) is 10.8 Å². The molecule has 166 valence electrons. The highest BCUT2D eigenvalue weighted by molar-refractivity contribution is 6.42. The van der Waals surface area contributed by atoms with E-state index in [4.69, 9.17) is 39.5 Å². The van der Waals surface area contributed by atoms with Gasteiger partial charge in [-0.3, -0.25) is 14.9 Å². The summed E-state index contributed by atoms with van der Waals surface area (Å²) in [4.78, 5) is 22.9. The Bertz CT molecular complexity index is 1290. The zero-order valence-corrected chi connectivity index (χ0v) is 19.0. The van der Waals surface area contributed by atoms with Gasteiger partial charge in [-0.2, -0.15) is 5.26 Å². The van der Waals surface area contributed by atoms with Crippen molar-refractivity contribution in [3.05, 3.63) is 103 Å². The summed E-state index contributed by atoms with van der Waals surface area (Å²) in [5.74, 6) is -0.287. The lowest BCUT2D eigenvalue weighted by Gasteiger charge is -2.11. The third-order valence-electron chi connectivity index (χ3n) is 4.36. The van der Waals surface area contributed by atoms with E-state index in [1.165, 1.54) is 30.3 Å². The molecule has 0 aliphatic rings. The first-order valence-corrected chi connectivity index (χ1v) is 10.4. The van der Waals surface area contributed by atoms with E-state index in [1.807, 2.05) is 6.07 Å². The van der Waals surface area contributed by atoms with E-state index in [0.717, 1.165) is 0 Å². The Hall–Kier alpha value is -3.57. The lowest BCUT2D eigenvalue weighted by Crippen LogP contribution is -2.13. The molecule has 0 aromatic heterocycles. The lowest BCUT2D eigenvalue weighted by molar-refractivity contribution is -0.384. The number of nitro benzene ring substituents is 1. The van der Waals surface area contributed by atoms with Gasteiger partial charge in [0, 0.05) is 28.4 Å². The molecule has 0 spiro atoms. The Morgan fingerprint density at radius 3 is 2.42 bits per heavy atom. The third kappa shape index (κ3) is 6.46. The predicted octanol–water partition coefficient (Wildman–Crippen LogP) is 6.68. The van der Waals surface area contributed by atoms with Gasteiger partial charge in [0.1, 0.15) is 24.0 Å². The van der Waals surface area contributed by atoms with Gasteiger partial charge in [0.2, 0.25) is 0 Å². The van der Waals surface area contributed by atoms with Crippen LogP contribution in [0.3, 0.4) is 0 Å². The number of nitriles is 1. The first-order chi connectivity index (χ1) is 15.8. The van der Waals surface area contributed by atoms with Crippen molar-refractivity contribution in [2.45, 2.75) is 6.61 Å². The zero-order chi connectivity index (χ0) is 24.0. The molecule has 0 saturated heterocycles. The number of amides is 1. The topological polar surface area (TPSA) is 105 Å². The summed E-state index contributed by atoms with van der Waals surface area (Å²) in [5, 5.41) is 23.9. The van der Waals surface area contributed by atoms with Gasteiger partial charge < -0.3 is 10.1 Å². The highest BCUT2D eigenvalue weighted by Gasteiger charge is 2.13. The second-order valence-electron chi connectivity index (χ2n) is 6.65. The van der Waals surface area contributed by atoms with Gasteiger partial charge in [-0.05, 0) is 60.2 Å². The summed E-state index contributed by atoms with van der Waals surface area (Å²) in [6.07, 6.45) is 1.35. The number of non-ortho nitro benzene ring substituents is 1. The number of halogens is 3. The molecule has 0 saturated carbocycles. The molecule has 1 amide bonds. The number of nitro groups is 1. The van der Waals surface area contributed by atoms with Crippen molar-refractivity contribution in [3.8, 4) is 11.8 Å². The standard InChI is InChI=1S/C23H14Cl3N3O4/c24-17-3-8-22(33-13-14-1-5-19(6-2-14)29(31)32)15(10-17)9-16(12-27)23(30)28-18-4-7-20(25)21(26)11-18/h1-11H,13H2,(H,28,30)/b16-9+. The predicted molar refractivity (Wildman–Crippen MR) is 128 cm³/mol. The number of hydrogen-bond acceptors (Lipinski definition) is 5. The number of nitrogens with zero attached hydrogens (tertiary/aromatic N) is 2. The van der Waals surface area contributed by atoms with Crippen LogP contribution in [0.5, 0.6) is 5.75 Å². The molecule has 0 atom stereocenters. The van der Waals surface area contributed by atoms with Crippen molar-refractivity contribution in [2.75, 3.05) is 5.32 Å². The highest BCUT2D eigenvalue weighted by Crippen LogP contribution is 2.28. The van der Waals surface area contributed by atoms with Crippen LogP contribution >= 0.6 is 34.8 Å². The van der Waals surface area contributed by atoms with Crippen LogP contribution in [0.2, 0.25) is 15.1 Å². The van der Waals surface area contributed by atoms with Crippen LogP contribution in [0.1, 0.15) is 11.1 Å². The molecular weight excluding hydrogens is 489 g/mol. The van der Waals surface area contributed by atoms with E-state index in [0.29, 0.717) is 32.6 Å². The molecule has 10 heteroatoms. The van der Waals surface area contributed by atoms with Gasteiger partial charge in [-0.1, -0.05) is 34.8 Å². The minimum atomic E-state index is -0.655. The molecule has 3 rings (SSSR count). The van der Waals surface area contributed by atoms with Crippen LogP contribution in [0.4, 0.5) is 11.4 Å². The zero-order valence-electron chi connectivity index (χ0n) is 16.7. The fourth-order valence-electron chi connectivity index (χ4n) is 2.71. The van der Waals surface area contributed by atoms with E-state index in [9.17, 15) is 20.2 Å². The van der Waals surface area contributed by atoms with E-state index in [1.54, 1.807) is 36.4 Å². The van der Waals surface area contributed by atoms with E-state index in [2.05, 4.69) is 5.32 Å². The molecule has 0 aliphatic carbocycles. The van der Waals surface area contributed by atoms with E-state index in [-0.39, 0.29) is 22.9 Å². The highest BCUT2D eigenvalue weighted by atomic mass is 35.5. The Labute approximate surface area is 203 Å². The quantitative estimate of drug-likeness (QED) is 0.168. The molecular formula is C23H14Cl3N3O4. The monoisotopic (exact) mass is 501 g/mol. The molecule has 1 N–H and O–H groups in total. The number of hydrogen-bond donors (Lipinski definition) is 1. The fraction of sp³-hybridized carbons (Fsp3) is 0.0435. The molecule has 0 unspecified atom stereocenters. The molecule has 33 heavy (non-hydrogen) atoms. The van der Waals surface area contributed by atoms with Crippen LogP contribution in [0.15, 0.2) is 66.2 Å². The van der Waals surface area contributed by atoms with Crippen LogP contribution in [0.25, 0.3) is 6.08 Å². The second kappa shape index (κ2) is 10.8. The third-order valence-corrected chi connectivity index (χ3v) is 5.33. The number of carbonyl (C=O) groups excluding carboxylic acids is 1. The maximum absolute atomic E-state index is 12.6. The molecule has 0 heterocycles. The fourth-order valence-corrected chi connectivity index (χ4v) is 3.19. The average Bonchev–Trinajstić information content (AvgIpc) is 2.79. The number of benzene rings is 3. The average molecular weight is 503 g/mol. The maximum atomic E-state index is 12.6. The minimum absolute atomic E-state index is 0.0273. The Morgan fingerprint density at radius 2 is 1.79 bits per heavy atom. The normalized spacial score (nSPS) is 10.9. The van der Waals surface area contributed by atoms with Crippen LogP contribution in [0, 0.1) is 21.4 Å². The van der Waals surface area contributed by atoms with E-state index < -0.39 is 10.8 Å². The van der Waals surface area contributed by atoms with Crippen LogP contribution < -0.4 is 10.1 Å². The van der Waals surface area contributed by atoms with Gasteiger partial charge in [-0.15, -0.1) is 0 Å². The summed E-state index contributed by atoms with van der Waals surface area (Å²) in [7, 11) is 0. The van der Waals surface area contributed by atoms with Gasteiger partial charge >= 0.3 is 0 Å². The van der Waals surface area contributed by atoms with Gasteiger partial charge in [0.25, 0.3) is 11.6 Å². The molecule has 0 radical (unpaired) electrons. The van der Waals surface area contributed by atoms with Gasteiger partial charge in [-0.25, -0.2) is 0 Å². The van der Waals surface area contributed by atoms with Gasteiger partial charge in [0.05, 0.1) is 15.0 Å². The van der Waals surface area contributed by atoms with Crippen molar-refractivity contribution in [1.29, 1.82) is 5.26 Å². The molecule has 0 aliphatic heterocycles. The van der Waals surface area contributed by atoms with Crippen LogP contribution in [-0.2, 0) is 11.4 Å². The van der Waals surface area contributed by atoms with Crippen molar-refractivity contribution >= 4 is 58.2 Å². The lowest BCUT2D eigenvalue weighted by atomic mass is 10.1. The van der Waals surface area contributed by atoms with E-state index >= 15 is 0 Å². The second-order valence-corrected chi connectivity index (χ2v) is 7.90. The largest absolute Gasteiger partial charge is 0.488 e. The summed E-state index contributed by atoms with van der Waals surface area (Å²) in [5.41, 5.74) is 1.26. The molecule has 3 aromatic carbocycles. The van der Waals surface area contributed by atoms with Crippen molar-refractivity contribution < 1.29 is 14.5 Å². The molecule has 7 nitrogen and oxygen atoms in total. The number of rotatable bonds is 7. The molecule has 3 aromatic rings. The number of ether oxygens (including phenoxy) is 1. The SMILES string of the molecule is N#C/C(=C\c1cc(Cl)ccc1OCc1ccc([N+](=O)[O-])cc1)C(=O)Nc1ccc(Cl)c(Cl)c1. The first-order valence-electron chi connectivity index (χ1n) is 9.30. The molecule has 0 fully saturated rings. The summed E-state index contributed by atoms with van der Waals surface area (Å²) in [6, 6.07) is 17.1. The summed E-state index contributed by atoms with van der Waals surface area (Å²) in [6.45, 7) is 0.109.